The van der Waals surface area contributed by atoms with E-state index in [1.54, 1.807) is 12.0 Å². The van der Waals surface area contributed by atoms with Gasteiger partial charge in [0.25, 0.3) is 0 Å². The number of nitrogens with zero attached hydrogens (tertiary/aromatic N) is 3. The van der Waals surface area contributed by atoms with Crippen LogP contribution < -0.4 is 14.2 Å². The Bertz CT molecular complexity index is 1030. The number of aromatic nitrogens is 2. The lowest BCUT2D eigenvalue weighted by Crippen LogP contribution is -2.30. The summed E-state index contributed by atoms with van der Waals surface area (Å²) in [4.78, 5) is 19.0. The molecule has 8 heteroatoms. The number of benzene rings is 2. The zero-order valence-electron chi connectivity index (χ0n) is 19.7. The first kappa shape index (κ1) is 24.1. The second kappa shape index (κ2) is 11.9. The maximum atomic E-state index is 12.8. The third-order valence-electron chi connectivity index (χ3n) is 5.08. The molecule has 0 aliphatic rings. The van der Waals surface area contributed by atoms with Crippen LogP contribution in [0.25, 0.3) is 11.4 Å². The fourth-order valence-electron chi connectivity index (χ4n) is 3.39. The van der Waals surface area contributed by atoms with Gasteiger partial charge in [0, 0.05) is 31.5 Å². The Hall–Kier alpha value is -3.55. The van der Waals surface area contributed by atoms with E-state index in [4.69, 9.17) is 18.7 Å². The molecule has 0 fully saturated rings. The summed E-state index contributed by atoms with van der Waals surface area (Å²) in [6, 6.07) is 13.2. The van der Waals surface area contributed by atoms with Crippen LogP contribution in [-0.2, 0) is 17.8 Å². The molecule has 0 atom stereocenters. The highest BCUT2D eigenvalue weighted by Gasteiger charge is 2.16. The summed E-state index contributed by atoms with van der Waals surface area (Å²) < 4.78 is 21.8. The Kier molecular flexibility index (Phi) is 8.69. The molecule has 0 saturated carbocycles. The van der Waals surface area contributed by atoms with E-state index in [1.165, 1.54) is 0 Å². The number of carbonyl (C=O) groups excluding carboxylic acids is 1. The Morgan fingerprint density at radius 1 is 1.00 bits per heavy atom. The molecule has 3 aromatic rings. The van der Waals surface area contributed by atoms with Crippen LogP contribution in [0.15, 0.2) is 47.0 Å². The fraction of sp³-hybridized carbons (Fsp3) is 0.400. The molecule has 0 bridgehead atoms. The highest BCUT2D eigenvalue weighted by Crippen LogP contribution is 2.28. The second-order valence-corrected chi connectivity index (χ2v) is 7.30. The van der Waals surface area contributed by atoms with Gasteiger partial charge in [-0.25, -0.2) is 0 Å². The summed E-state index contributed by atoms with van der Waals surface area (Å²) >= 11 is 0. The van der Waals surface area contributed by atoms with Crippen LogP contribution in [0.5, 0.6) is 17.2 Å². The summed E-state index contributed by atoms with van der Waals surface area (Å²) in [6.07, 6.45) is 0.666. The third-order valence-corrected chi connectivity index (χ3v) is 5.08. The summed E-state index contributed by atoms with van der Waals surface area (Å²) in [6.45, 7) is 8.08. The Morgan fingerprint density at radius 3 is 2.42 bits per heavy atom. The van der Waals surface area contributed by atoms with E-state index in [0.29, 0.717) is 55.9 Å². The van der Waals surface area contributed by atoms with Gasteiger partial charge >= 0.3 is 0 Å². The maximum absolute atomic E-state index is 12.8. The minimum Gasteiger partial charge on any atom is -0.494 e. The van der Waals surface area contributed by atoms with E-state index in [0.717, 1.165) is 16.9 Å². The topological polar surface area (TPSA) is 86.9 Å². The maximum Gasteiger partial charge on any atom is 0.227 e. The van der Waals surface area contributed by atoms with Crippen LogP contribution >= 0.6 is 0 Å². The number of rotatable bonds is 12. The molecule has 2 aromatic carbocycles. The van der Waals surface area contributed by atoms with Crippen molar-refractivity contribution >= 4 is 5.91 Å². The summed E-state index contributed by atoms with van der Waals surface area (Å²) in [5.74, 6) is 3.09. The molecule has 0 unspecified atom stereocenters. The largest absolute Gasteiger partial charge is 0.494 e. The molecule has 8 nitrogen and oxygen atoms in total. The van der Waals surface area contributed by atoms with Gasteiger partial charge in [-0.05, 0) is 62.7 Å². The molecule has 0 N–H and O–H groups in total. The third kappa shape index (κ3) is 6.47. The van der Waals surface area contributed by atoms with E-state index >= 15 is 0 Å². The van der Waals surface area contributed by atoms with Crippen molar-refractivity contribution in [2.45, 2.75) is 40.2 Å². The molecule has 0 spiro atoms. The van der Waals surface area contributed by atoms with Crippen molar-refractivity contribution in [1.82, 2.24) is 15.0 Å². The highest BCUT2D eigenvalue weighted by atomic mass is 16.5. The first-order chi connectivity index (χ1) is 16.1. The number of ether oxygens (including phenoxy) is 3. The van der Waals surface area contributed by atoms with Gasteiger partial charge in [0.1, 0.15) is 5.75 Å². The van der Waals surface area contributed by atoms with Gasteiger partial charge in [-0.15, -0.1) is 0 Å². The van der Waals surface area contributed by atoms with Crippen LogP contribution in [0.4, 0.5) is 0 Å². The fourth-order valence-corrected chi connectivity index (χ4v) is 3.39. The second-order valence-electron chi connectivity index (χ2n) is 7.30. The smallest absolute Gasteiger partial charge is 0.227 e. The Balaban J connectivity index is 1.58. The zero-order valence-corrected chi connectivity index (χ0v) is 19.7. The molecule has 33 heavy (non-hydrogen) atoms. The van der Waals surface area contributed by atoms with Crippen LogP contribution in [0.2, 0.25) is 0 Å². The van der Waals surface area contributed by atoms with Crippen molar-refractivity contribution in [1.29, 1.82) is 0 Å². The van der Waals surface area contributed by atoms with Crippen LogP contribution in [0, 0.1) is 0 Å². The molecule has 0 aliphatic carbocycles. The van der Waals surface area contributed by atoms with Gasteiger partial charge in [0.2, 0.25) is 17.6 Å². The van der Waals surface area contributed by atoms with Gasteiger partial charge in [-0.3, -0.25) is 4.79 Å². The molecule has 1 aromatic heterocycles. The zero-order chi connectivity index (χ0) is 23.6. The molecular weight excluding hydrogens is 422 g/mol. The molecule has 1 amide bonds. The monoisotopic (exact) mass is 453 g/mol. The van der Waals surface area contributed by atoms with Crippen molar-refractivity contribution in [2.75, 3.05) is 26.9 Å². The van der Waals surface area contributed by atoms with Gasteiger partial charge in [0.15, 0.2) is 11.5 Å². The van der Waals surface area contributed by atoms with E-state index in [-0.39, 0.29) is 12.3 Å². The number of carbonyl (C=O) groups is 1. The number of hydrogen-bond acceptors (Lipinski definition) is 7. The number of methoxy groups -OCH3 is 1. The minimum atomic E-state index is 0.0196. The average molecular weight is 454 g/mol. The van der Waals surface area contributed by atoms with Crippen molar-refractivity contribution in [3.63, 3.8) is 0 Å². The molecule has 0 radical (unpaired) electrons. The average Bonchev–Trinajstić information content (AvgIpc) is 3.31. The Morgan fingerprint density at radius 2 is 1.76 bits per heavy atom. The number of hydrogen-bond donors (Lipinski definition) is 0. The predicted octanol–water partition coefficient (Wildman–Crippen LogP) is 4.52. The van der Waals surface area contributed by atoms with Gasteiger partial charge in [-0.2, -0.15) is 4.98 Å². The molecular formula is C25H31N3O5. The quantitative estimate of drug-likeness (QED) is 0.398. The van der Waals surface area contributed by atoms with Crippen molar-refractivity contribution in [2.24, 2.45) is 0 Å². The standard InChI is InChI=1S/C25H31N3O5/c1-5-28(17-18-8-13-21(32-7-3)22(16-18)30-4)24(29)15-14-23-26-25(27-33-23)19-9-11-20(12-10-19)31-6-2/h8-13,16H,5-7,14-15,17H2,1-4H3. The van der Waals surface area contributed by atoms with Gasteiger partial charge in [0.05, 0.1) is 20.3 Å². The van der Waals surface area contributed by atoms with Crippen molar-refractivity contribution < 1.29 is 23.5 Å². The van der Waals surface area contributed by atoms with E-state index in [1.807, 2.05) is 63.2 Å². The van der Waals surface area contributed by atoms with Crippen molar-refractivity contribution in [3.8, 4) is 28.6 Å². The molecule has 0 saturated heterocycles. The first-order valence-corrected chi connectivity index (χ1v) is 11.2. The lowest BCUT2D eigenvalue weighted by molar-refractivity contribution is -0.131. The van der Waals surface area contributed by atoms with Crippen LogP contribution in [0.3, 0.4) is 0 Å². The van der Waals surface area contributed by atoms with Crippen molar-refractivity contribution in [3.05, 3.63) is 53.9 Å². The molecule has 176 valence electrons. The molecule has 0 aliphatic heterocycles. The predicted molar refractivity (Wildman–Crippen MR) is 124 cm³/mol. The van der Waals surface area contributed by atoms with Crippen LogP contribution in [0.1, 0.15) is 38.6 Å². The number of aryl methyl sites for hydroxylation is 1. The summed E-state index contributed by atoms with van der Waals surface area (Å²) in [5.41, 5.74) is 1.81. The minimum absolute atomic E-state index is 0.0196. The van der Waals surface area contributed by atoms with Gasteiger partial charge < -0.3 is 23.6 Å². The summed E-state index contributed by atoms with van der Waals surface area (Å²) in [5, 5.41) is 4.04. The molecule has 3 rings (SSSR count). The number of amides is 1. The lowest BCUT2D eigenvalue weighted by atomic mass is 10.1. The van der Waals surface area contributed by atoms with E-state index < -0.39 is 0 Å². The Labute approximate surface area is 194 Å². The normalized spacial score (nSPS) is 10.7. The highest BCUT2D eigenvalue weighted by molar-refractivity contribution is 5.76. The van der Waals surface area contributed by atoms with E-state index in [2.05, 4.69) is 10.1 Å². The lowest BCUT2D eigenvalue weighted by Gasteiger charge is -2.21. The first-order valence-electron chi connectivity index (χ1n) is 11.2. The summed E-state index contributed by atoms with van der Waals surface area (Å²) in [7, 11) is 1.61. The van der Waals surface area contributed by atoms with Crippen LogP contribution in [-0.4, -0.2) is 47.8 Å². The van der Waals surface area contributed by atoms with E-state index in [9.17, 15) is 4.79 Å². The van der Waals surface area contributed by atoms with Gasteiger partial charge in [-0.1, -0.05) is 11.2 Å². The SMILES string of the molecule is CCOc1ccc(-c2noc(CCC(=O)N(CC)Cc3ccc(OCC)c(OC)c3)n2)cc1. The molecule has 1 heterocycles.